The van der Waals surface area contributed by atoms with Crippen molar-refractivity contribution in [3.8, 4) is 11.5 Å². The number of amides is 1. The molecule has 178 valence electrons. The fourth-order valence-electron chi connectivity index (χ4n) is 2.69. The van der Waals surface area contributed by atoms with Crippen LogP contribution in [0.15, 0.2) is 72.8 Å². The van der Waals surface area contributed by atoms with Crippen LogP contribution in [0.25, 0.3) is 0 Å². The molecule has 0 aromatic heterocycles. The van der Waals surface area contributed by atoms with Gasteiger partial charge in [0, 0.05) is 0 Å². The van der Waals surface area contributed by atoms with Crippen molar-refractivity contribution in [2.24, 2.45) is 0 Å². The molecule has 0 bridgehead atoms. The van der Waals surface area contributed by atoms with E-state index in [2.05, 4.69) is 0 Å². The van der Waals surface area contributed by atoms with E-state index in [4.69, 9.17) is 23.0 Å². The van der Waals surface area contributed by atoms with E-state index in [1.165, 1.54) is 24.3 Å². The molecule has 0 radical (unpaired) electrons. The van der Waals surface area contributed by atoms with Gasteiger partial charge in [0.05, 0.1) is 0 Å². The molecule has 1 heterocycles. The smallest absolute Gasteiger partial charge is 0.493 e. The Morgan fingerprint density at radius 1 is 1.00 bits per heavy atom. The number of phosphoric ester groups is 1. The second kappa shape index (κ2) is 10.1. The molecule has 3 rings (SSSR count). The number of nitrogens with zero attached hydrogens (tertiary/aromatic N) is 1. The Hall–Kier alpha value is -3.26. The third-order valence-electron chi connectivity index (χ3n) is 4.03. The molecule has 2 aromatic carbocycles. The highest BCUT2D eigenvalue weighted by atomic mass is 31.2. The maximum atomic E-state index is 13.7. The Labute approximate surface area is 190 Å². The Morgan fingerprint density at radius 3 is 1.97 bits per heavy atom. The molecule has 1 aliphatic rings. The van der Waals surface area contributed by atoms with E-state index in [9.17, 15) is 18.1 Å². The largest absolute Gasteiger partial charge is 0.648 e. The summed E-state index contributed by atoms with van der Waals surface area (Å²) in [4.78, 5) is 13.3. The summed E-state index contributed by atoms with van der Waals surface area (Å²) >= 11 is 0. The third-order valence-corrected chi connectivity index (χ3v) is 5.31. The minimum absolute atomic E-state index is 0.128. The number of halogens is 2. The molecular formula is C22H24F2NO7P. The van der Waals surface area contributed by atoms with E-state index in [1.807, 2.05) is 0 Å². The molecule has 0 fully saturated rings. The summed E-state index contributed by atoms with van der Waals surface area (Å²) < 4.78 is 67.8. The molecule has 0 saturated carbocycles. The van der Waals surface area contributed by atoms with Gasteiger partial charge in [-0.3, -0.25) is 0 Å². The number of ether oxygens (including phenoxy) is 2. The minimum Gasteiger partial charge on any atom is -0.493 e. The van der Waals surface area contributed by atoms with Gasteiger partial charge in [0.15, 0.2) is 0 Å². The lowest BCUT2D eigenvalue weighted by atomic mass is 10.2. The van der Waals surface area contributed by atoms with Gasteiger partial charge in [0.25, 0.3) is 6.43 Å². The molecule has 0 N–H and O–H groups in total. The molecule has 0 spiro atoms. The first kappa shape index (κ1) is 24.4. The van der Waals surface area contributed by atoms with Crippen LogP contribution in [0, 0.1) is 0 Å². The number of hydrogen-bond donors (Lipinski definition) is 0. The van der Waals surface area contributed by atoms with Crippen LogP contribution < -0.4 is 9.05 Å². The minimum atomic E-state index is -4.56. The number of rotatable bonds is 7. The van der Waals surface area contributed by atoms with Crippen molar-refractivity contribution >= 4 is 13.9 Å². The quantitative estimate of drug-likeness (QED) is 0.449. The summed E-state index contributed by atoms with van der Waals surface area (Å²) in [5.74, 6) is -0.345. The van der Waals surface area contributed by atoms with Gasteiger partial charge < -0.3 is 23.0 Å². The Balaban J connectivity index is 1.95. The van der Waals surface area contributed by atoms with Crippen molar-refractivity contribution in [1.82, 2.24) is 4.90 Å². The highest BCUT2D eigenvalue weighted by Gasteiger charge is 2.45. The highest BCUT2D eigenvalue weighted by Crippen LogP contribution is 2.52. The van der Waals surface area contributed by atoms with Gasteiger partial charge in [0.1, 0.15) is 36.0 Å². The zero-order valence-electron chi connectivity index (χ0n) is 18.2. The van der Waals surface area contributed by atoms with Crippen LogP contribution in [0.1, 0.15) is 20.8 Å². The van der Waals surface area contributed by atoms with Gasteiger partial charge in [-0.05, 0) is 45.0 Å². The molecule has 8 nitrogen and oxygen atoms in total. The summed E-state index contributed by atoms with van der Waals surface area (Å²) in [6, 6.07) is 14.2. The number of phosphoric acid groups is 1. The number of carbonyl (C=O) groups is 1. The predicted molar refractivity (Wildman–Crippen MR) is 115 cm³/mol. The summed E-state index contributed by atoms with van der Waals surface area (Å²) in [7, 11) is -4.56. The van der Waals surface area contributed by atoms with Crippen LogP contribution in [0.4, 0.5) is 13.6 Å². The second-order valence-corrected chi connectivity index (χ2v) is 9.33. The van der Waals surface area contributed by atoms with Crippen molar-refractivity contribution < 1.29 is 41.2 Å². The van der Waals surface area contributed by atoms with Crippen LogP contribution in [-0.4, -0.2) is 35.7 Å². The van der Waals surface area contributed by atoms with Crippen molar-refractivity contribution in [3.05, 3.63) is 72.8 Å². The molecule has 2 aromatic rings. The first-order chi connectivity index (χ1) is 15.6. The van der Waals surface area contributed by atoms with E-state index in [1.54, 1.807) is 57.2 Å². The molecule has 0 aliphatic carbocycles. The molecule has 1 amide bonds. The number of hydrogen-bond acceptors (Lipinski definition) is 7. The van der Waals surface area contributed by atoms with Crippen molar-refractivity contribution in [3.63, 3.8) is 0 Å². The van der Waals surface area contributed by atoms with Crippen LogP contribution in [-0.2, 0) is 18.6 Å². The first-order valence-electron chi connectivity index (χ1n) is 9.97. The monoisotopic (exact) mass is 483 g/mol. The maximum absolute atomic E-state index is 13.7. The van der Waals surface area contributed by atoms with E-state index in [0.29, 0.717) is 4.90 Å². The predicted octanol–water partition coefficient (Wildman–Crippen LogP) is 5.97. The molecule has 0 unspecified atom stereocenters. The van der Waals surface area contributed by atoms with Gasteiger partial charge >= 0.3 is 13.9 Å². The summed E-state index contributed by atoms with van der Waals surface area (Å²) in [6.07, 6.45) is -3.25. The van der Waals surface area contributed by atoms with Crippen LogP contribution >= 0.6 is 7.82 Å². The fourth-order valence-corrected chi connectivity index (χ4v) is 3.92. The van der Waals surface area contributed by atoms with E-state index < -0.39 is 44.5 Å². The normalized spacial score (nSPS) is 16.5. The van der Waals surface area contributed by atoms with Gasteiger partial charge in [0.2, 0.25) is 5.88 Å². The summed E-state index contributed by atoms with van der Waals surface area (Å²) in [5, 5.41) is 0. The average Bonchev–Trinajstić information content (AvgIpc) is 2.73. The van der Waals surface area contributed by atoms with Crippen molar-refractivity contribution in [2.45, 2.75) is 38.8 Å². The van der Waals surface area contributed by atoms with E-state index in [-0.39, 0.29) is 11.5 Å². The lowest BCUT2D eigenvalue weighted by Crippen LogP contribution is -2.50. The van der Waals surface area contributed by atoms with Crippen LogP contribution in [0.2, 0.25) is 0 Å². The number of carbonyl (C=O) groups excluding carboxylic acids is 1. The molecule has 33 heavy (non-hydrogen) atoms. The summed E-state index contributed by atoms with van der Waals surface area (Å²) in [6.45, 7) is 4.21. The average molecular weight is 483 g/mol. The van der Waals surface area contributed by atoms with Gasteiger partial charge in [-0.15, -0.1) is 0 Å². The molecule has 11 heteroatoms. The van der Waals surface area contributed by atoms with Gasteiger partial charge in [-0.2, -0.15) is 4.57 Å². The Kier molecular flexibility index (Phi) is 7.48. The first-order valence-corrected chi connectivity index (χ1v) is 11.4. The van der Waals surface area contributed by atoms with Gasteiger partial charge in [-0.25, -0.2) is 18.5 Å². The zero-order valence-corrected chi connectivity index (χ0v) is 19.1. The van der Waals surface area contributed by atoms with Crippen molar-refractivity contribution in [2.75, 3.05) is 6.61 Å². The molecule has 1 aliphatic heterocycles. The second-order valence-electron chi connectivity index (χ2n) is 7.89. The van der Waals surface area contributed by atoms with E-state index >= 15 is 0 Å². The zero-order chi connectivity index (χ0) is 24.1. The van der Waals surface area contributed by atoms with Crippen molar-refractivity contribution in [1.29, 1.82) is 0 Å². The molecular weight excluding hydrogens is 459 g/mol. The summed E-state index contributed by atoms with van der Waals surface area (Å²) in [5.41, 5.74) is -0.988. The number of benzene rings is 2. The lowest BCUT2D eigenvalue weighted by molar-refractivity contribution is -0.0493. The standard InChI is InChI=1S/C22H24F2NO7P/c1-22(2,3)29-21(26)25-18(20(23)24)14-28-15-19(25)32-33(27,30-16-10-6-4-7-11-16)31-17-12-8-5-9-13-17/h4-13,15,18,20H,14H2,1-3H3/t18-/m1/s1. The van der Waals surface area contributed by atoms with Gasteiger partial charge in [-0.1, -0.05) is 36.4 Å². The highest BCUT2D eigenvalue weighted by molar-refractivity contribution is 7.49. The molecule has 0 saturated heterocycles. The SMILES string of the molecule is CC(C)(C)OC(=O)N1C(OP(=O)(Oc2ccccc2)Oc2ccccc2)=COC[C@@H]1C(F)F. The number of alkyl halides is 2. The Morgan fingerprint density at radius 2 is 1.52 bits per heavy atom. The number of para-hydroxylation sites is 2. The fraction of sp³-hybridized carbons (Fsp3) is 0.318. The third kappa shape index (κ3) is 6.86. The topological polar surface area (TPSA) is 83.5 Å². The lowest BCUT2D eigenvalue weighted by Gasteiger charge is -2.36. The van der Waals surface area contributed by atoms with E-state index in [0.717, 1.165) is 6.26 Å². The van der Waals surface area contributed by atoms with Crippen LogP contribution in [0.3, 0.4) is 0 Å². The Bertz CT molecular complexity index is 967. The maximum Gasteiger partial charge on any atom is 0.648 e. The van der Waals surface area contributed by atoms with Crippen LogP contribution in [0.5, 0.6) is 11.5 Å². The molecule has 1 atom stereocenters.